The summed E-state index contributed by atoms with van der Waals surface area (Å²) < 4.78 is 40.5. The molecule has 0 aliphatic rings. The summed E-state index contributed by atoms with van der Waals surface area (Å²) in [7, 11) is 0. The van der Waals surface area contributed by atoms with Gasteiger partial charge in [-0.3, -0.25) is 4.68 Å². The molecule has 1 atom stereocenters. The summed E-state index contributed by atoms with van der Waals surface area (Å²) in [6.45, 7) is 2.97. The zero-order chi connectivity index (χ0) is 20.3. The summed E-state index contributed by atoms with van der Waals surface area (Å²) >= 11 is 7.74. The highest BCUT2D eigenvalue weighted by Gasteiger charge is 2.30. The van der Waals surface area contributed by atoms with E-state index in [4.69, 9.17) is 17.3 Å². The Morgan fingerprint density at radius 1 is 1.32 bits per heavy atom. The minimum absolute atomic E-state index is 0.193. The van der Waals surface area contributed by atoms with E-state index in [1.165, 1.54) is 23.5 Å². The zero-order valence-electron chi connectivity index (χ0n) is 15.1. The number of aromatic nitrogens is 2. The molecule has 1 aromatic carbocycles. The predicted octanol–water partition coefficient (Wildman–Crippen LogP) is 5.29. The van der Waals surface area contributed by atoms with Crippen molar-refractivity contribution in [1.29, 1.82) is 0 Å². The van der Waals surface area contributed by atoms with Crippen molar-refractivity contribution in [1.82, 2.24) is 9.78 Å². The fraction of sp³-hybridized carbons (Fsp3) is 0.316. The lowest BCUT2D eigenvalue weighted by atomic mass is 10.0. The van der Waals surface area contributed by atoms with Gasteiger partial charge < -0.3 is 11.1 Å². The van der Waals surface area contributed by atoms with Gasteiger partial charge in [-0.2, -0.15) is 18.3 Å². The zero-order valence-corrected chi connectivity index (χ0v) is 16.7. The lowest BCUT2D eigenvalue weighted by Gasteiger charge is -2.18. The molecule has 3 rings (SSSR count). The van der Waals surface area contributed by atoms with Crippen molar-refractivity contribution >= 4 is 27.9 Å². The van der Waals surface area contributed by atoms with Gasteiger partial charge in [-0.05, 0) is 31.0 Å². The van der Waals surface area contributed by atoms with E-state index in [2.05, 4.69) is 10.4 Å². The number of hydrogen-bond donors (Lipinski definition) is 2. The van der Waals surface area contributed by atoms with Gasteiger partial charge in [0.1, 0.15) is 0 Å². The maximum atomic E-state index is 12.9. The van der Waals surface area contributed by atoms with Gasteiger partial charge in [0, 0.05) is 30.1 Å². The molecule has 4 nitrogen and oxygen atoms in total. The molecule has 3 aromatic rings. The summed E-state index contributed by atoms with van der Waals surface area (Å²) in [5.41, 5.74) is 7.56. The van der Waals surface area contributed by atoms with Crippen LogP contribution in [0.5, 0.6) is 0 Å². The Morgan fingerprint density at radius 3 is 2.79 bits per heavy atom. The number of nitrogens with one attached hydrogen (secondary N) is 1. The minimum Gasteiger partial charge on any atom is -0.373 e. The molecule has 0 spiro atoms. The number of anilines is 1. The van der Waals surface area contributed by atoms with Crippen molar-refractivity contribution in [3.8, 4) is 11.3 Å². The lowest BCUT2D eigenvalue weighted by molar-refractivity contribution is -0.137. The van der Waals surface area contributed by atoms with Crippen LogP contribution in [-0.2, 0) is 19.1 Å². The van der Waals surface area contributed by atoms with Crippen molar-refractivity contribution in [2.24, 2.45) is 5.73 Å². The van der Waals surface area contributed by atoms with Crippen molar-refractivity contribution in [3.05, 3.63) is 58.1 Å². The highest BCUT2D eigenvalue weighted by Crippen LogP contribution is 2.34. The van der Waals surface area contributed by atoms with Crippen molar-refractivity contribution in [2.75, 3.05) is 11.9 Å². The van der Waals surface area contributed by atoms with Gasteiger partial charge in [0.2, 0.25) is 0 Å². The van der Waals surface area contributed by atoms with Crippen LogP contribution in [0.4, 0.5) is 18.2 Å². The molecule has 3 N–H and O–H groups in total. The molecule has 150 valence electrons. The fourth-order valence-corrected chi connectivity index (χ4v) is 4.09. The van der Waals surface area contributed by atoms with Gasteiger partial charge in [0.25, 0.3) is 0 Å². The van der Waals surface area contributed by atoms with Crippen LogP contribution in [0, 0.1) is 0 Å². The Morgan fingerprint density at radius 2 is 2.11 bits per heavy atom. The van der Waals surface area contributed by atoms with Gasteiger partial charge in [-0.1, -0.05) is 29.8 Å². The largest absolute Gasteiger partial charge is 0.416 e. The molecule has 28 heavy (non-hydrogen) atoms. The number of benzene rings is 1. The maximum Gasteiger partial charge on any atom is 0.416 e. The molecule has 9 heteroatoms. The van der Waals surface area contributed by atoms with Gasteiger partial charge >= 0.3 is 6.18 Å². The molecule has 2 aromatic heterocycles. The topological polar surface area (TPSA) is 55.9 Å². The van der Waals surface area contributed by atoms with Crippen LogP contribution >= 0.6 is 22.9 Å². The van der Waals surface area contributed by atoms with Gasteiger partial charge in [-0.25, -0.2) is 0 Å². The molecule has 2 heterocycles. The van der Waals surface area contributed by atoms with E-state index in [0.717, 1.165) is 22.3 Å². The van der Waals surface area contributed by atoms with Crippen LogP contribution in [0.2, 0.25) is 5.02 Å². The second-order valence-corrected chi connectivity index (χ2v) is 7.65. The smallest absolute Gasteiger partial charge is 0.373 e. The van der Waals surface area contributed by atoms with Crippen LogP contribution in [0.25, 0.3) is 11.3 Å². The van der Waals surface area contributed by atoms with Crippen LogP contribution in [0.3, 0.4) is 0 Å². The van der Waals surface area contributed by atoms with E-state index >= 15 is 0 Å². The first-order chi connectivity index (χ1) is 13.3. The quantitative estimate of drug-likeness (QED) is 0.538. The van der Waals surface area contributed by atoms with E-state index in [9.17, 15) is 13.2 Å². The third-order valence-electron chi connectivity index (χ3n) is 4.33. The number of rotatable bonds is 7. The van der Waals surface area contributed by atoms with E-state index < -0.39 is 11.7 Å². The number of nitrogens with zero attached hydrogens (tertiary/aromatic N) is 2. The highest BCUT2D eigenvalue weighted by atomic mass is 35.5. The third kappa shape index (κ3) is 4.68. The van der Waals surface area contributed by atoms with Crippen LogP contribution < -0.4 is 11.1 Å². The monoisotopic (exact) mass is 428 g/mol. The predicted molar refractivity (Wildman–Crippen MR) is 108 cm³/mol. The number of aryl methyl sites for hydroxylation is 1. The summed E-state index contributed by atoms with van der Waals surface area (Å²) in [6, 6.07) is 7.10. The number of nitrogens with two attached hydrogens (primary N) is 1. The molecular formula is C19H20ClF3N4S. The first-order valence-electron chi connectivity index (χ1n) is 8.74. The molecule has 0 unspecified atom stereocenters. The SMILES string of the molecule is CCn1ncc(Cl)c1-c1csc(N[C@H](CN)Cc2cccc(C(F)(F)F)c2)c1. The Balaban J connectivity index is 1.74. The number of alkyl halides is 3. The van der Waals surface area contributed by atoms with Crippen molar-refractivity contribution in [2.45, 2.75) is 32.1 Å². The normalized spacial score (nSPS) is 12.9. The standard InChI is InChI=1S/C19H20ClF3N4S/c1-2-27-18(16(20)10-25-27)13-8-17(28-11-13)26-15(9-24)7-12-4-3-5-14(6-12)19(21,22)23/h3-6,8,10-11,15,26H,2,7,9,24H2,1H3/t15-/m0/s1. The molecular weight excluding hydrogens is 409 g/mol. The molecule has 0 saturated carbocycles. The molecule has 0 fully saturated rings. The number of halogens is 4. The summed E-state index contributed by atoms with van der Waals surface area (Å²) in [4.78, 5) is 0. The van der Waals surface area contributed by atoms with E-state index in [0.29, 0.717) is 23.6 Å². The molecule has 0 aliphatic carbocycles. The first kappa shape index (κ1) is 20.7. The average Bonchev–Trinajstić information content (AvgIpc) is 3.26. The van der Waals surface area contributed by atoms with Crippen LogP contribution in [-0.4, -0.2) is 22.4 Å². The Bertz CT molecular complexity index is 935. The maximum absolute atomic E-state index is 12.9. The molecule has 0 bridgehead atoms. The molecule has 0 radical (unpaired) electrons. The second kappa shape index (κ2) is 8.55. The summed E-state index contributed by atoms with van der Waals surface area (Å²) in [5, 5.41) is 11.0. The van der Waals surface area contributed by atoms with Crippen LogP contribution in [0.1, 0.15) is 18.1 Å². The minimum atomic E-state index is -4.36. The first-order valence-corrected chi connectivity index (χ1v) is 10.0. The highest BCUT2D eigenvalue weighted by molar-refractivity contribution is 7.14. The Kier molecular flexibility index (Phi) is 6.32. The number of thiophene rings is 1. The van der Waals surface area contributed by atoms with Gasteiger partial charge in [0.05, 0.1) is 27.5 Å². The lowest BCUT2D eigenvalue weighted by Crippen LogP contribution is -2.30. The number of hydrogen-bond acceptors (Lipinski definition) is 4. The van der Waals surface area contributed by atoms with Gasteiger partial charge in [0.15, 0.2) is 0 Å². The molecule has 0 saturated heterocycles. The van der Waals surface area contributed by atoms with E-state index in [1.807, 2.05) is 23.1 Å². The van der Waals surface area contributed by atoms with Crippen molar-refractivity contribution < 1.29 is 13.2 Å². The average molecular weight is 429 g/mol. The molecule has 0 amide bonds. The Hall–Kier alpha value is -2.03. The summed E-state index contributed by atoms with van der Waals surface area (Å²) in [5.74, 6) is 0. The summed E-state index contributed by atoms with van der Waals surface area (Å²) in [6.07, 6.45) is -2.35. The van der Waals surface area contributed by atoms with Gasteiger partial charge in [-0.15, -0.1) is 11.3 Å². The third-order valence-corrected chi connectivity index (χ3v) is 5.47. The Labute approximate surface area is 170 Å². The van der Waals surface area contributed by atoms with Crippen molar-refractivity contribution in [3.63, 3.8) is 0 Å². The van der Waals surface area contributed by atoms with E-state index in [1.54, 1.807) is 12.3 Å². The second-order valence-electron chi connectivity index (χ2n) is 6.34. The van der Waals surface area contributed by atoms with Crippen LogP contribution in [0.15, 0.2) is 41.9 Å². The fourth-order valence-electron chi connectivity index (χ4n) is 2.98. The van der Waals surface area contributed by atoms with E-state index in [-0.39, 0.29) is 12.6 Å². The molecule has 0 aliphatic heterocycles.